The summed E-state index contributed by atoms with van der Waals surface area (Å²) in [6.07, 6.45) is 8.66. The minimum Gasteiger partial charge on any atom is -0.472 e. The molecule has 28 heavy (non-hydrogen) atoms. The molecule has 0 radical (unpaired) electrons. The molecule has 7 heteroatoms. The van der Waals surface area contributed by atoms with Crippen molar-refractivity contribution in [2.75, 3.05) is 52.5 Å². The van der Waals surface area contributed by atoms with E-state index in [9.17, 15) is 9.59 Å². The summed E-state index contributed by atoms with van der Waals surface area (Å²) in [5.41, 5.74) is 0.546. The lowest BCUT2D eigenvalue weighted by Gasteiger charge is -2.24. The van der Waals surface area contributed by atoms with E-state index in [0.29, 0.717) is 31.6 Å². The fourth-order valence-electron chi connectivity index (χ4n) is 3.41. The van der Waals surface area contributed by atoms with Crippen molar-refractivity contribution in [2.45, 2.75) is 45.4 Å². The normalized spacial score (nSPS) is 14.8. The monoisotopic (exact) mass is 394 g/mol. The third-order valence-electron chi connectivity index (χ3n) is 5.17. The lowest BCUT2D eigenvalue weighted by Crippen LogP contribution is -3.14. The van der Waals surface area contributed by atoms with Crippen LogP contribution in [0.25, 0.3) is 0 Å². The Balaban J connectivity index is 1.68. The van der Waals surface area contributed by atoms with Crippen molar-refractivity contribution in [3.05, 3.63) is 24.2 Å². The van der Waals surface area contributed by atoms with E-state index in [2.05, 4.69) is 12.2 Å². The van der Waals surface area contributed by atoms with Crippen LogP contribution in [0.3, 0.4) is 0 Å². The molecule has 158 valence electrons. The first kappa shape index (κ1) is 22.4. The molecule has 0 spiro atoms. The zero-order valence-electron chi connectivity index (χ0n) is 17.2. The second-order valence-corrected chi connectivity index (χ2v) is 7.43. The quantitative estimate of drug-likeness (QED) is 0.492. The van der Waals surface area contributed by atoms with Crippen molar-refractivity contribution in [3.63, 3.8) is 0 Å². The Hall–Kier alpha value is -1.86. The van der Waals surface area contributed by atoms with E-state index < -0.39 is 0 Å². The molecule has 1 saturated heterocycles. The van der Waals surface area contributed by atoms with E-state index in [0.717, 1.165) is 58.5 Å². The molecule has 0 bridgehead atoms. The average Bonchev–Trinajstić information content (AvgIpc) is 3.26. The summed E-state index contributed by atoms with van der Waals surface area (Å²) in [4.78, 5) is 28.2. The lowest BCUT2D eigenvalue weighted by atomic mass is 10.2. The van der Waals surface area contributed by atoms with Crippen LogP contribution in [-0.2, 0) is 9.53 Å². The Morgan fingerprint density at radius 1 is 1.14 bits per heavy atom. The average molecular weight is 395 g/mol. The summed E-state index contributed by atoms with van der Waals surface area (Å²) in [6.45, 7) is 8.81. The fraction of sp³-hybridized carbons (Fsp3) is 0.714. The van der Waals surface area contributed by atoms with Crippen molar-refractivity contribution in [1.29, 1.82) is 0 Å². The van der Waals surface area contributed by atoms with Crippen LogP contribution < -0.4 is 10.2 Å². The molecular formula is C21H36N3O4+. The van der Waals surface area contributed by atoms with Crippen LogP contribution in [0, 0.1) is 0 Å². The van der Waals surface area contributed by atoms with Crippen LogP contribution in [-0.4, -0.2) is 69.2 Å². The Morgan fingerprint density at radius 3 is 2.68 bits per heavy atom. The largest absolute Gasteiger partial charge is 0.472 e. The molecule has 0 aliphatic carbocycles. The summed E-state index contributed by atoms with van der Waals surface area (Å²) in [7, 11) is 0. The zero-order chi connectivity index (χ0) is 20.0. The van der Waals surface area contributed by atoms with E-state index in [-0.39, 0.29) is 11.8 Å². The van der Waals surface area contributed by atoms with Gasteiger partial charge in [-0.3, -0.25) is 9.59 Å². The van der Waals surface area contributed by atoms with Crippen LogP contribution in [0.4, 0.5) is 0 Å². The molecule has 1 aliphatic rings. The summed E-state index contributed by atoms with van der Waals surface area (Å²) in [6, 6.07) is 1.68. The van der Waals surface area contributed by atoms with Gasteiger partial charge in [-0.05, 0) is 12.5 Å². The first-order valence-corrected chi connectivity index (χ1v) is 10.7. The van der Waals surface area contributed by atoms with Gasteiger partial charge in [0.15, 0.2) is 0 Å². The van der Waals surface area contributed by atoms with Gasteiger partial charge in [-0.2, -0.15) is 0 Å². The number of morpholine rings is 1. The van der Waals surface area contributed by atoms with E-state index in [1.165, 1.54) is 18.9 Å². The van der Waals surface area contributed by atoms with Crippen LogP contribution in [0.15, 0.2) is 23.0 Å². The molecule has 2 rings (SSSR count). The molecule has 0 atom stereocenters. The highest BCUT2D eigenvalue weighted by molar-refractivity contribution is 5.94. The van der Waals surface area contributed by atoms with Crippen molar-refractivity contribution >= 4 is 11.8 Å². The first-order valence-electron chi connectivity index (χ1n) is 10.7. The van der Waals surface area contributed by atoms with Crippen molar-refractivity contribution < 1.29 is 23.6 Å². The molecule has 1 aromatic rings. The van der Waals surface area contributed by atoms with E-state index in [1.807, 2.05) is 0 Å². The molecule has 1 fully saturated rings. The predicted molar refractivity (Wildman–Crippen MR) is 107 cm³/mol. The summed E-state index contributed by atoms with van der Waals surface area (Å²) in [5, 5.41) is 2.99. The Kier molecular flexibility index (Phi) is 10.7. The van der Waals surface area contributed by atoms with Gasteiger partial charge >= 0.3 is 0 Å². The fourth-order valence-corrected chi connectivity index (χ4v) is 3.41. The minimum absolute atomic E-state index is 0.00975. The molecule has 1 aromatic heterocycles. The first-order chi connectivity index (χ1) is 13.7. The molecule has 0 unspecified atom stereocenters. The van der Waals surface area contributed by atoms with Gasteiger partial charge in [0, 0.05) is 32.5 Å². The van der Waals surface area contributed by atoms with Crippen LogP contribution in [0.2, 0.25) is 0 Å². The third-order valence-corrected chi connectivity index (χ3v) is 5.17. The molecule has 0 aromatic carbocycles. The van der Waals surface area contributed by atoms with E-state index in [4.69, 9.17) is 9.15 Å². The second kappa shape index (κ2) is 13.3. The number of ether oxygens (including phenoxy) is 1. The number of amides is 2. The van der Waals surface area contributed by atoms with Crippen molar-refractivity contribution in [2.24, 2.45) is 0 Å². The molecule has 2 amide bonds. The highest BCUT2D eigenvalue weighted by atomic mass is 16.5. The Morgan fingerprint density at radius 2 is 1.96 bits per heavy atom. The standard InChI is InChI=1S/C21H35N3O4/c1-2-3-4-5-11-24(21(26)19-8-15-28-18-19)12-7-20(25)22-9-6-10-23-13-16-27-17-14-23/h8,15,18H,2-7,9-14,16-17H2,1H3,(H,22,25)/p+1. The number of nitrogens with zero attached hydrogens (tertiary/aromatic N) is 1. The van der Waals surface area contributed by atoms with Crippen molar-refractivity contribution in [3.8, 4) is 0 Å². The van der Waals surface area contributed by atoms with Gasteiger partial charge in [-0.1, -0.05) is 26.2 Å². The molecule has 0 saturated carbocycles. The Bertz CT molecular complexity index is 556. The number of unbranched alkanes of at least 4 members (excludes halogenated alkanes) is 3. The second-order valence-electron chi connectivity index (χ2n) is 7.43. The number of furan rings is 1. The third kappa shape index (κ3) is 8.44. The number of hydrogen-bond acceptors (Lipinski definition) is 4. The predicted octanol–water partition coefficient (Wildman–Crippen LogP) is 1.11. The van der Waals surface area contributed by atoms with Gasteiger partial charge in [-0.25, -0.2) is 0 Å². The maximum Gasteiger partial charge on any atom is 0.257 e. The highest BCUT2D eigenvalue weighted by Gasteiger charge is 2.18. The SMILES string of the molecule is CCCCCCN(CCC(=O)NCCC[NH+]1CCOCC1)C(=O)c1ccoc1. The van der Waals surface area contributed by atoms with Gasteiger partial charge in [0.25, 0.3) is 5.91 Å². The van der Waals surface area contributed by atoms with E-state index >= 15 is 0 Å². The highest BCUT2D eigenvalue weighted by Crippen LogP contribution is 2.09. The number of rotatable bonds is 13. The maximum absolute atomic E-state index is 12.6. The van der Waals surface area contributed by atoms with Gasteiger partial charge in [0.1, 0.15) is 19.4 Å². The smallest absolute Gasteiger partial charge is 0.257 e. The van der Waals surface area contributed by atoms with Crippen LogP contribution in [0.1, 0.15) is 55.8 Å². The van der Waals surface area contributed by atoms with E-state index in [1.54, 1.807) is 15.9 Å². The zero-order valence-corrected chi connectivity index (χ0v) is 17.2. The number of carbonyl (C=O) groups excluding carboxylic acids is 2. The van der Waals surface area contributed by atoms with Gasteiger partial charge in [-0.15, -0.1) is 0 Å². The number of quaternary nitrogens is 1. The lowest BCUT2D eigenvalue weighted by molar-refractivity contribution is -0.908. The van der Waals surface area contributed by atoms with Gasteiger partial charge in [0.05, 0.1) is 31.6 Å². The van der Waals surface area contributed by atoms with Crippen molar-refractivity contribution in [1.82, 2.24) is 10.2 Å². The Labute approximate surface area is 168 Å². The number of carbonyl (C=O) groups is 2. The summed E-state index contributed by atoms with van der Waals surface area (Å²) in [5.74, 6) is -0.0514. The molecule has 2 N–H and O–H groups in total. The minimum atomic E-state index is -0.0611. The number of nitrogens with one attached hydrogen (secondary N) is 2. The molecular weight excluding hydrogens is 358 g/mol. The summed E-state index contributed by atoms with van der Waals surface area (Å²) < 4.78 is 10.4. The topological polar surface area (TPSA) is 76.2 Å². The molecule has 2 heterocycles. The van der Waals surface area contributed by atoms with Gasteiger partial charge < -0.3 is 24.3 Å². The molecule has 7 nitrogen and oxygen atoms in total. The summed E-state index contributed by atoms with van der Waals surface area (Å²) >= 11 is 0. The van der Waals surface area contributed by atoms with Crippen LogP contribution in [0.5, 0.6) is 0 Å². The molecule has 1 aliphatic heterocycles. The maximum atomic E-state index is 12.6. The number of hydrogen-bond donors (Lipinski definition) is 2. The van der Waals surface area contributed by atoms with Crippen LogP contribution >= 0.6 is 0 Å². The van der Waals surface area contributed by atoms with Gasteiger partial charge in [0.2, 0.25) is 5.91 Å².